The Balaban J connectivity index is 1.56. The van der Waals surface area contributed by atoms with Gasteiger partial charge in [-0.3, -0.25) is 5.43 Å². The van der Waals surface area contributed by atoms with Crippen molar-refractivity contribution in [1.29, 1.82) is 0 Å². The third-order valence-electron chi connectivity index (χ3n) is 4.21. The van der Waals surface area contributed by atoms with E-state index in [1.807, 2.05) is 36.4 Å². The molecule has 4 aromatic rings. The molecule has 0 atom stereocenters. The summed E-state index contributed by atoms with van der Waals surface area (Å²) >= 11 is 0. The average molecular weight is 380 g/mol. The van der Waals surface area contributed by atoms with E-state index in [0.29, 0.717) is 17.2 Å². The van der Waals surface area contributed by atoms with Crippen LogP contribution in [-0.4, -0.2) is 15.8 Å². The van der Waals surface area contributed by atoms with Crippen molar-refractivity contribution in [3.8, 4) is 5.69 Å². The highest BCUT2D eigenvalue weighted by Crippen LogP contribution is 2.30. The van der Waals surface area contributed by atoms with Gasteiger partial charge in [-0.1, -0.05) is 24.3 Å². The summed E-state index contributed by atoms with van der Waals surface area (Å²) in [4.78, 5) is 4.46. The molecule has 0 amide bonds. The third-order valence-corrected chi connectivity index (χ3v) is 4.21. The van der Waals surface area contributed by atoms with Crippen LogP contribution < -0.4 is 5.43 Å². The lowest BCUT2D eigenvalue weighted by atomic mass is 10.2. The number of aromatic nitrogens is 2. The lowest BCUT2D eigenvalue weighted by Gasteiger charge is -2.11. The highest BCUT2D eigenvalue weighted by atomic mass is 19.4. The average Bonchev–Trinajstić information content (AvgIpc) is 3.16. The molecular formula is C21H15F3N4. The largest absolute Gasteiger partial charge is 0.416 e. The quantitative estimate of drug-likeness (QED) is 0.376. The number of nitrogens with one attached hydrogen (secondary N) is 1. The number of fused-ring (bicyclic) bond motifs is 1. The van der Waals surface area contributed by atoms with E-state index in [1.165, 1.54) is 12.3 Å². The Morgan fingerprint density at radius 2 is 1.79 bits per heavy atom. The van der Waals surface area contributed by atoms with E-state index in [0.717, 1.165) is 23.0 Å². The maximum Gasteiger partial charge on any atom is 0.416 e. The molecule has 0 saturated carbocycles. The maximum absolute atomic E-state index is 13.0. The minimum absolute atomic E-state index is 0.408. The van der Waals surface area contributed by atoms with Crippen LogP contribution in [0.1, 0.15) is 11.3 Å². The van der Waals surface area contributed by atoms with Crippen molar-refractivity contribution in [2.24, 2.45) is 5.10 Å². The summed E-state index contributed by atoms with van der Waals surface area (Å²) in [5.74, 6) is 0.576. The smallest absolute Gasteiger partial charge is 0.316 e. The van der Waals surface area contributed by atoms with E-state index in [-0.39, 0.29) is 0 Å². The second-order valence-corrected chi connectivity index (χ2v) is 6.11. The Morgan fingerprint density at radius 1 is 0.929 bits per heavy atom. The molecule has 0 saturated heterocycles. The molecule has 4 rings (SSSR count). The van der Waals surface area contributed by atoms with Crippen LogP contribution in [0.4, 0.5) is 19.0 Å². The number of hydrogen-bond donors (Lipinski definition) is 1. The summed E-state index contributed by atoms with van der Waals surface area (Å²) in [6, 6.07) is 20.1. The van der Waals surface area contributed by atoms with E-state index in [9.17, 15) is 13.2 Å². The lowest BCUT2D eigenvalue weighted by molar-refractivity contribution is -0.137. The lowest BCUT2D eigenvalue weighted by Crippen LogP contribution is -2.07. The number of para-hydroxylation sites is 1. The fraction of sp³-hybridized carbons (Fsp3) is 0.0476. The zero-order valence-electron chi connectivity index (χ0n) is 14.6. The second kappa shape index (κ2) is 7.19. The number of hydrazone groups is 1. The van der Waals surface area contributed by atoms with Gasteiger partial charge in [0.2, 0.25) is 0 Å². The minimum Gasteiger partial charge on any atom is -0.316 e. The van der Waals surface area contributed by atoms with Gasteiger partial charge in [-0.05, 0) is 48.5 Å². The topological polar surface area (TPSA) is 42.2 Å². The van der Waals surface area contributed by atoms with Gasteiger partial charge in [0, 0.05) is 17.3 Å². The van der Waals surface area contributed by atoms with Gasteiger partial charge < -0.3 is 4.57 Å². The predicted octanol–water partition coefficient (Wildman–Crippen LogP) is 5.49. The number of anilines is 1. The normalized spacial score (nSPS) is 12.0. The number of alkyl halides is 3. The SMILES string of the molecule is FC(F)(F)c1cccc(-n2cccc2/C=N\Nc2ccc3ccccc3n2)c1. The molecule has 0 unspecified atom stereocenters. The number of rotatable bonds is 4. The zero-order chi connectivity index (χ0) is 19.6. The molecule has 0 spiro atoms. The minimum atomic E-state index is -4.39. The highest BCUT2D eigenvalue weighted by Gasteiger charge is 2.30. The van der Waals surface area contributed by atoms with Crippen LogP contribution in [0.5, 0.6) is 0 Å². The first-order valence-electron chi connectivity index (χ1n) is 8.50. The molecule has 2 aromatic carbocycles. The Hall–Kier alpha value is -3.61. The number of halogens is 3. The van der Waals surface area contributed by atoms with Gasteiger partial charge in [-0.15, -0.1) is 0 Å². The first kappa shape index (κ1) is 17.8. The second-order valence-electron chi connectivity index (χ2n) is 6.11. The predicted molar refractivity (Wildman–Crippen MR) is 104 cm³/mol. The molecule has 0 aliphatic heterocycles. The van der Waals surface area contributed by atoms with Gasteiger partial charge in [-0.2, -0.15) is 18.3 Å². The Labute approximate surface area is 159 Å². The van der Waals surface area contributed by atoms with Crippen molar-refractivity contribution in [2.45, 2.75) is 6.18 Å². The van der Waals surface area contributed by atoms with Crippen molar-refractivity contribution < 1.29 is 13.2 Å². The highest BCUT2D eigenvalue weighted by molar-refractivity contribution is 5.81. The van der Waals surface area contributed by atoms with Crippen LogP contribution in [-0.2, 0) is 6.18 Å². The van der Waals surface area contributed by atoms with Crippen molar-refractivity contribution >= 4 is 22.9 Å². The Bertz CT molecular complexity index is 1150. The first-order valence-corrected chi connectivity index (χ1v) is 8.50. The third kappa shape index (κ3) is 3.73. The molecule has 0 aliphatic carbocycles. The van der Waals surface area contributed by atoms with Gasteiger partial charge in [0.15, 0.2) is 0 Å². The molecule has 2 aromatic heterocycles. The summed E-state index contributed by atoms with van der Waals surface area (Å²) in [6.07, 6.45) is -1.16. The summed E-state index contributed by atoms with van der Waals surface area (Å²) in [5, 5.41) is 5.19. The van der Waals surface area contributed by atoms with Gasteiger partial charge in [0.25, 0.3) is 0 Å². The monoisotopic (exact) mass is 380 g/mol. The number of benzene rings is 2. The molecule has 4 nitrogen and oxygen atoms in total. The summed E-state index contributed by atoms with van der Waals surface area (Å²) in [7, 11) is 0. The van der Waals surface area contributed by atoms with Crippen molar-refractivity contribution in [1.82, 2.24) is 9.55 Å². The molecule has 2 heterocycles. The van der Waals surface area contributed by atoms with Gasteiger partial charge >= 0.3 is 6.18 Å². The van der Waals surface area contributed by atoms with E-state index in [1.54, 1.807) is 29.0 Å². The van der Waals surface area contributed by atoms with Gasteiger partial charge in [0.05, 0.1) is 23.0 Å². The van der Waals surface area contributed by atoms with E-state index < -0.39 is 11.7 Å². The molecule has 0 aliphatic rings. The fourth-order valence-electron chi connectivity index (χ4n) is 2.86. The zero-order valence-corrected chi connectivity index (χ0v) is 14.6. The summed E-state index contributed by atoms with van der Waals surface area (Å²) in [5.41, 5.74) is 4.04. The van der Waals surface area contributed by atoms with Crippen LogP contribution in [0.2, 0.25) is 0 Å². The van der Waals surface area contributed by atoms with Gasteiger partial charge in [-0.25, -0.2) is 4.98 Å². The van der Waals surface area contributed by atoms with Crippen molar-refractivity contribution in [3.63, 3.8) is 0 Å². The van der Waals surface area contributed by atoms with Crippen molar-refractivity contribution in [2.75, 3.05) is 5.43 Å². The molecule has 0 fully saturated rings. The van der Waals surface area contributed by atoms with Gasteiger partial charge in [0.1, 0.15) is 5.82 Å². The molecule has 28 heavy (non-hydrogen) atoms. The number of nitrogens with zero attached hydrogens (tertiary/aromatic N) is 3. The van der Waals surface area contributed by atoms with Crippen LogP contribution in [0, 0.1) is 0 Å². The van der Waals surface area contributed by atoms with Crippen molar-refractivity contribution in [3.05, 3.63) is 90.3 Å². The fourth-order valence-corrected chi connectivity index (χ4v) is 2.86. The van der Waals surface area contributed by atoms with E-state index in [2.05, 4.69) is 15.5 Å². The molecule has 0 bridgehead atoms. The number of hydrogen-bond acceptors (Lipinski definition) is 3. The van der Waals surface area contributed by atoms with Crippen LogP contribution in [0.3, 0.4) is 0 Å². The van der Waals surface area contributed by atoms with E-state index >= 15 is 0 Å². The van der Waals surface area contributed by atoms with E-state index in [4.69, 9.17) is 0 Å². The maximum atomic E-state index is 13.0. The first-order chi connectivity index (χ1) is 13.5. The van der Waals surface area contributed by atoms with Crippen LogP contribution in [0.15, 0.2) is 84.1 Å². The molecule has 1 N–H and O–H groups in total. The summed E-state index contributed by atoms with van der Waals surface area (Å²) in [6.45, 7) is 0. The van der Waals surface area contributed by atoms with Crippen LogP contribution >= 0.6 is 0 Å². The molecule has 140 valence electrons. The number of pyridine rings is 1. The Kier molecular flexibility index (Phi) is 4.57. The summed E-state index contributed by atoms with van der Waals surface area (Å²) < 4.78 is 40.5. The Morgan fingerprint density at radius 3 is 2.64 bits per heavy atom. The molecule has 0 radical (unpaired) electrons. The van der Waals surface area contributed by atoms with Crippen LogP contribution in [0.25, 0.3) is 16.6 Å². The molecular weight excluding hydrogens is 365 g/mol. The molecule has 7 heteroatoms. The standard InChI is InChI=1S/C21H15F3N4/c22-21(23,24)16-6-3-7-17(13-16)28-12-4-8-18(28)14-25-27-20-11-10-15-5-1-2-9-19(15)26-20/h1-14H,(H,26,27)/b25-14-.